The molecule has 0 aliphatic rings. The van der Waals surface area contributed by atoms with Crippen molar-refractivity contribution >= 4 is 38.9 Å². The number of anilines is 1. The molecule has 23 heavy (non-hydrogen) atoms. The van der Waals surface area contributed by atoms with E-state index in [0.29, 0.717) is 9.33 Å². The Labute approximate surface area is 137 Å². The highest BCUT2D eigenvalue weighted by atomic mass is 35.5. The second-order valence-corrected chi connectivity index (χ2v) is 6.74. The predicted molar refractivity (Wildman–Crippen MR) is 84.9 cm³/mol. The first kappa shape index (κ1) is 16.9. The number of nitro benzene ring substituents is 1. The lowest BCUT2D eigenvalue weighted by Gasteiger charge is -2.21. The highest BCUT2D eigenvalue weighted by molar-refractivity contribution is 7.93. The number of amides is 1. The van der Waals surface area contributed by atoms with Crippen LogP contribution in [-0.4, -0.2) is 19.2 Å². The minimum Gasteiger partial charge on any atom is -0.274 e. The van der Waals surface area contributed by atoms with Crippen LogP contribution in [-0.2, 0) is 14.8 Å². The number of nitro groups is 1. The molecule has 2 aromatic rings. The van der Waals surface area contributed by atoms with Crippen molar-refractivity contribution in [3.8, 4) is 0 Å². The van der Waals surface area contributed by atoms with Gasteiger partial charge in [-0.05, 0) is 36.4 Å². The monoisotopic (exact) mass is 354 g/mol. The van der Waals surface area contributed by atoms with Crippen LogP contribution in [0, 0.1) is 10.1 Å². The number of hydrogen-bond acceptors (Lipinski definition) is 5. The van der Waals surface area contributed by atoms with Gasteiger partial charge in [0.15, 0.2) is 0 Å². The van der Waals surface area contributed by atoms with Gasteiger partial charge in [-0.2, -0.15) is 0 Å². The van der Waals surface area contributed by atoms with E-state index in [-0.39, 0.29) is 16.3 Å². The van der Waals surface area contributed by atoms with Gasteiger partial charge in [-0.15, -0.1) is 0 Å². The van der Waals surface area contributed by atoms with Gasteiger partial charge in [0, 0.05) is 24.1 Å². The van der Waals surface area contributed by atoms with E-state index in [1.165, 1.54) is 24.3 Å². The summed E-state index contributed by atoms with van der Waals surface area (Å²) in [6.07, 6.45) is 0. The number of rotatable bonds is 4. The normalized spacial score (nSPS) is 11.0. The summed E-state index contributed by atoms with van der Waals surface area (Å²) in [6.45, 7) is 1.11. The SMILES string of the molecule is CC(=O)N(c1ccc(Cl)cc1)S(=O)(=O)c1ccc([N+](=O)[O-])cc1. The average Bonchev–Trinajstić information content (AvgIpc) is 2.49. The molecule has 0 spiro atoms. The molecule has 0 bridgehead atoms. The standard InChI is InChI=1S/C14H11ClN2O5S/c1-10(18)16(12-4-2-11(15)3-5-12)23(21,22)14-8-6-13(7-9-14)17(19)20/h2-9H,1H3. The van der Waals surface area contributed by atoms with Crippen LogP contribution in [0.1, 0.15) is 6.92 Å². The molecular weight excluding hydrogens is 344 g/mol. The van der Waals surface area contributed by atoms with Gasteiger partial charge < -0.3 is 0 Å². The van der Waals surface area contributed by atoms with Crippen molar-refractivity contribution in [3.05, 3.63) is 63.7 Å². The highest BCUT2D eigenvalue weighted by Crippen LogP contribution is 2.26. The third-order valence-electron chi connectivity index (χ3n) is 2.93. The molecule has 0 N–H and O–H groups in total. The molecule has 0 aromatic heterocycles. The van der Waals surface area contributed by atoms with Crippen molar-refractivity contribution in [1.82, 2.24) is 0 Å². The number of hydrogen-bond donors (Lipinski definition) is 0. The summed E-state index contributed by atoms with van der Waals surface area (Å²) in [6, 6.07) is 9.99. The summed E-state index contributed by atoms with van der Waals surface area (Å²) < 4.78 is 25.9. The second kappa shape index (κ2) is 6.35. The quantitative estimate of drug-likeness (QED) is 0.621. The first-order valence-electron chi connectivity index (χ1n) is 6.29. The zero-order valence-electron chi connectivity index (χ0n) is 11.8. The Morgan fingerprint density at radius 2 is 1.61 bits per heavy atom. The summed E-state index contributed by atoms with van der Waals surface area (Å²) in [4.78, 5) is 21.6. The van der Waals surface area contributed by atoms with E-state index in [1.54, 1.807) is 0 Å². The summed E-state index contributed by atoms with van der Waals surface area (Å²) in [5.41, 5.74) is -0.120. The molecule has 0 aliphatic heterocycles. The van der Waals surface area contributed by atoms with Crippen molar-refractivity contribution in [2.24, 2.45) is 0 Å². The van der Waals surface area contributed by atoms with Crippen molar-refractivity contribution in [2.75, 3.05) is 4.31 Å². The van der Waals surface area contributed by atoms with Crippen molar-refractivity contribution in [2.45, 2.75) is 11.8 Å². The fourth-order valence-corrected chi connectivity index (χ4v) is 3.47. The summed E-state index contributed by atoms with van der Waals surface area (Å²) >= 11 is 5.76. The predicted octanol–water partition coefficient (Wildman–Crippen LogP) is 2.99. The van der Waals surface area contributed by atoms with Crippen LogP contribution in [0.4, 0.5) is 11.4 Å². The molecule has 2 aromatic carbocycles. The average molecular weight is 355 g/mol. The lowest BCUT2D eigenvalue weighted by Crippen LogP contribution is -2.35. The van der Waals surface area contributed by atoms with Gasteiger partial charge in [-0.3, -0.25) is 14.9 Å². The van der Waals surface area contributed by atoms with Crippen LogP contribution in [0.5, 0.6) is 0 Å². The van der Waals surface area contributed by atoms with Gasteiger partial charge in [0.2, 0.25) is 5.91 Å². The van der Waals surface area contributed by atoms with Gasteiger partial charge in [0.05, 0.1) is 15.5 Å². The van der Waals surface area contributed by atoms with E-state index >= 15 is 0 Å². The molecular formula is C14H11ClN2O5S. The fraction of sp³-hybridized carbons (Fsp3) is 0.0714. The largest absolute Gasteiger partial charge is 0.274 e. The number of carbonyl (C=O) groups excluding carboxylic acids is 1. The maximum Gasteiger partial charge on any atom is 0.270 e. The van der Waals surface area contributed by atoms with Crippen molar-refractivity contribution in [3.63, 3.8) is 0 Å². The Morgan fingerprint density at radius 1 is 1.09 bits per heavy atom. The van der Waals surface area contributed by atoms with Crippen LogP contribution in [0.3, 0.4) is 0 Å². The molecule has 0 saturated carbocycles. The molecule has 120 valence electrons. The van der Waals surface area contributed by atoms with E-state index in [2.05, 4.69) is 0 Å². The molecule has 0 fully saturated rings. The van der Waals surface area contributed by atoms with Crippen molar-refractivity contribution in [1.29, 1.82) is 0 Å². The molecule has 9 heteroatoms. The Kier molecular flexibility index (Phi) is 4.67. The Hall–Kier alpha value is -2.45. The van der Waals surface area contributed by atoms with Gasteiger partial charge in [-0.1, -0.05) is 11.6 Å². The van der Waals surface area contributed by atoms with E-state index < -0.39 is 20.9 Å². The molecule has 1 amide bonds. The van der Waals surface area contributed by atoms with Gasteiger partial charge in [0.25, 0.3) is 15.7 Å². The van der Waals surface area contributed by atoms with Gasteiger partial charge in [-0.25, -0.2) is 12.7 Å². The smallest absolute Gasteiger partial charge is 0.270 e. The summed E-state index contributed by atoms with van der Waals surface area (Å²) in [5.74, 6) is -0.717. The number of benzene rings is 2. The zero-order chi connectivity index (χ0) is 17.2. The Morgan fingerprint density at radius 3 is 2.04 bits per heavy atom. The molecule has 0 atom stereocenters. The molecule has 0 aliphatic carbocycles. The Bertz CT molecular complexity index is 848. The fourth-order valence-electron chi connectivity index (χ4n) is 1.91. The number of non-ortho nitro benzene ring substituents is 1. The van der Waals surface area contributed by atoms with Crippen LogP contribution < -0.4 is 4.31 Å². The summed E-state index contributed by atoms with van der Waals surface area (Å²) in [5, 5.41) is 11.0. The van der Waals surface area contributed by atoms with E-state index in [1.807, 2.05) is 0 Å². The zero-order valence-corrected chi connectivity index (χ0v) is 13.4. The van der Waals surface area contributed by atoms with E-state index in [0.717, 1.165) is 31.2 Å². The summed E-state index contributed by atoms with van der Waals surface area (Å²) in [7, 11) is -4.19. The van der Waals surface area contributed by atoms with E-state index in [9.17, 15) is 23.3 Å². The molecule has 0 unspecified atom stereocenters. The first-order valence-corrected chi connectivity index (χ1v) is 8.11. The van der Waals surface area contributed by atoms with Crippen molar-refractivity contribution < 1.29 is 18.1 Å². The third kappa shape index (κ3) is 3.49. The Balaban J connectivity index is 2.51. The molecule has 2 rings (SSSR count). The van der Waals surface area contributed by atoms with Gasteiger partial charge >= 0.3 is 0 Å². The first-order chi connectivity index (χ1) is 10.7. The number of halogens is 1. The lowest BCUT2D eigenvalue weighted by molar-refractivity contribution is -0.384. The second-order valence-electron chi connectivity index (χ2n) is 4.52. The third-order valence-corrected chi connectivity index (χ3v) is 5.00. The van der Waals surface area contributed by atoms with Crippen LogP contribution >= 0.6 is 11.6 Å². The lowest BCUT2D eigenvalue weighted by atomic mass is 10.3. The molecule has 7 nitrogen and oxygen atoms in total. The van der Waals surface area contributed by atoms with Crippen LogP contribution in [0.2, 0.25) is 5.02 Å². The number of sulfonamides is 1. The molecule has 0 radical (unpaired) electrons. The topological polar surface area (TPSA) is 97.6 Å². The minimum atomic E-state index is -4.19. The highest BCUT2D eigenvalue weighted by Gasteiger charge is 2.29. The van der Waals surface area contributed by atoms with Gasteiger partial charge in [0.1, 0.15) is 0 Å². The minimum absolute atomic E-state index is 0.125. The van der Waals surface area contributed by atoms with E-state index in [4.69, 9.17) is 11.6 Å². The number of carbonyl (C=O) groups is 1. The number of nitrogens with zero attached hydrogens (tertiary/aromatic N) is 2. The molecule has 0 saturated heterocycles. The maximum absolute atomic E-state index is 12.6. The van der Waals surface area contributed by atoms with Crippen LogP contribution in [0.25, 0.3) is 0 Å². The van der Waals surface area contributed by atoms with Crippen LogP contribution in [0.15, 0.2) is 53.4 Å². The maximum atomic E-state index is 12.6. The molecule has 0 heterocycles.